The van der Waals surface area contributed by atoms with Crippen LogP contribution in [0.15, 0.2) is 47.2 Å². The molecular formula is C19H23NO. The number of rotatable bonds is 4. The molecule has 1 aromatic carbocycles. The summed E-state index contributed by atoms with van der Waals surface area (Å²) in [6.45, 7) is 9.02. The Morgan fingerprint density at radius 3 is 2.62 bits per heavy atom. The lowest BCUT2D eigenvalue weighted by Crippen LogP contribution is -2.20. The fraction of sp³-hybridized carbons (Fsp3) is 0.368. The Bertz CT molecular complexity index is 732. The monoisotopic (exact) mass is 281 g/mol. The molecule has 0 bridgehead atoms. The first kappa shape index (κ1) is 14.0. The van der Waals surface area contributed by atoms with Gasteiger partial charge in [-0.05, 0) is 47.1 Å². The van der Waals surface area contributed by atoms with E-state index in [0.29, 0.717) is 5.92 Å². The van der Waals surface area contributed by atoms with Gasteiger partial charge in [0, 0.05) is 17.1 Å². The van der Waals surface area contributed by atoms with E-state index >= 15 is 0 Å². The number of furan rings is 1. The highest BCUT2D eigenvalue weighted by Gasteiger charge is 2.26. The maximum Gasteiger partial charge on any atom is 0.109 e. The zero-order valence-corrected chi connectivity index (χ0v) is 13.2. The molecule has 0 saturated heterocycles. The molecule has 2 nitrogen and oxygen atoms in total. The molecule has 0 radical (unpaired) electrons. The van der Waals surface area contributed by atoms with E-state index in [9.17, 15) is 0 Å². The summed E-state index contributed by atoms with van der Waals surface area (Å²) >= 11 is 0. The van der Waals surface area contributed by atoms with Crippen LogP contribution in [0.3, 0.4) is 0 Å². The summed E-state index contributed by atoms with van der Waals surface area (Å²) in [4.78, 5) is 3.41. The van der Waals surface area contributed by atoms with E-state index in [2.05, 4.69) is 56.9 Å². The van der Waals surface area contributed by atoms with E-state index in [1.807, 2.05) is 12.3 Å². The van der Waals surface area contributed by atoms with Gasteiger partial charge < -0.3 is 9.40 Å². The lowest BCUT2D eigenvalue weighted by atomic mass is 9.80. The minimum absolute atomic E-state index is 0.00654. The van der Waals surface area contributed by atoms with E-state index in [0.717, 1.165) is 12.2 Å². The molecule has 21 heavy (non-hydrogen) atoms. The third kappa shape index (κ3) is 2.51. The third-order valence-electron chi connectivity index (χ3n) is 4.26. The number of aromatic amines is 1. The molecule has 0 fully saturated rings. The van der Waals surface area contributed by atoms with Gasteiger partial charge >= 0.3 is 0 Å². The highest BCUT2D eigenvalue weighted by Crippen LogP contribution is 2.34. The van der Waals surface area contributed by atoms with Crippen molar-refractivity contribution in [3.63, 3.8) is 0 Å². The Kier molecular flexibility index (Phi) is 3.40. The molecule has 2 heterocycles. The predicted molar refractivity (Wildman–Crippen MR) is 87.8 cm³/mol. The number of nitrogens with one attached hydrogen (secondary N) is 1. The van der Waals surface area contributed by atoms with E-state index in [1.165, 1.54) is 22.0 Å². The lowest BCUT2D eigenvalue weighted by molar-refractivity contribution is 0.381. The van der Waals surface area contributed by atoms with Crippen LogP contribution in [0.1, 0.15) is 50.5 Å². The lowest BCUT2D eigenvalue weighted by Gasteiger charge is -2.25. The molecule has 0 amide bonds. The zero-order chi connectivity index (χ0) is 15.0. The molecule has 0 unspecified atom stereocenters. The number of H-pyrrole nitrogens is 1. The van der Waals surface area contributed by atoms with Gasteiger partial charge in [-0.1, -0.05) is 39.8 Å². The minimum Gasteiger partial charge on any atom is -0.469 e. The fourth-order valence-electron chi connectivity index (χ4n) is 3.23. The summed E-state index contributed by atoms with van der Waals surface area (Å²) in [5, 5.41) is 1.29. The molecule has 110 valence electrons. The first-order chi connectivity index (χ1) is 9.99. The largest absolute Gasteiger partial charge is 0.469 e. The Labute approximate surface area is 126 Å². The Morgan fingerprint density at radius 2 is 1.95 bits per heavy atom. The molecule has 0 aliphatic rings. The smallest absolute Gasteiger partial charge is 0.109 e. The predicted octanol–water partition coefficient (Wildman–Crippen LogP) is 5.40. The second kappa shape index (κ2) is 5.10. The van der Waals surface area contributed by atoms with E-state index in [-0.39, 0.29) is 5.41 Å². The SMILES string of the molecule is CC(C)c1c(CC(C)(C)c2ccco2)ccc2cc[nH]c12. The van der Waals surface area contributed by atoms with Crippen LogP contribution in [0, 0.1) is 0 Å². The molecule has 0 aliphatic heterocycles. The molecule has 2 aromatic heterocycles. The number of hydrogen-bond donors (Lipinski definition) is 1. The van der Waals surface area contributed by atoms with Gasteiger partial charge in [-0.25, -0.2) is 0 Å². The third-order valence-corrected chi connectivity index (χ3v) is 4.26. The zero-order valence-electron chi connectivity index (χ0n) is 13.2. The van der Waals surface area contributed by atoms with E-state index in [1.54, 1.807) is 6.26 Å². The van der Waals surface area contributed by atoms with Crippen molar-refractivity contribution >= 4 is 10.9 Å². The van der Waals surface area contributed by atoms with Crippen molar-refractivity contribution < 1.29 is 4.42 Å². The van der Waals surface area contributed by atoms with Gasteiger partial charge in [0.05, 0.1) is 6.26 Å². The van der Waals surface area contributed by atoms with Crippen LogP contribution < -0.4 is 0 Å². The number of fused-ring (bicyclic) bond motifs is 1. The van der Waals surface area contributed by atoms with Crippen molar-refractivity contribution in [2.45, 2.75) is 45.4 Å². The van der Waals surface area contributed by atoms with Gasteiger partial charge in [-0.3, -0.25) is 0 Å². The average Bonchev–Trinajstić information content (AvgIpc) is 3.08. The van der Waals surface area contributed by atoms with Crippen LogP contribution in [-0.4, -0.2) is 4.98 Å². The van der Waals surface area contributed by atoms with Crippen molar-refractivity contribution in [3.8, 4) is 0 Å². The van der Waals surface area contributed by atoms with Crippen LogP contribution in [0.25, 0.3) is 10.9 Å². The van der Waals surface area contributed by atoms with Crippen LogP contribution in [0.4, 0.5) is 0 Å². The first-order valence-electron chi connectivity index (χ1n) is 7.62. The molecule has 1 N–H and O–H groups in total. The van der Waals surface area contributed by atoms with Crippen LogP contribution in [0.2, 0.25) is 0 Å². The van der Waals surface area contributed by atoms with E-state index < -0.39 is 0 Å². The molecule has 0 spiro atoms. The Balaban J connectivity index is 2.06. The molecular weight excluding hydrogens is 258 g/mol. The summed E-state index contributed by atoms with van der Waals surface area (Å²) < 4.78 is 5.64. The Hall–Kier alpha value is -1.96. The number of hydrogen-bond acceptors (Lipinski definition) is 1. The maximum atomic E-state index is 5.64. The van der Waals surface area contributed by atoms with Crippen LogP contribution in [-0.2, 0) is 11.8 Å². The van der Waals surface area contributed by atoms with Crippen molar-refractivity contribution in [1.29, 1.82) is 0 Å². The van der Waals surface area contributed by atoms with Gasteiger partial charge in [-0.15, -0.1) is 0 Å². The summed E-state index contributed by atoms with van der Waals surface area (Å²) in [6, 6.07) is 10.7. The fourth-order valence-corrected chi connectivity index (χ4v) is 3.23. The van der Waals surface area contributed by atoms with Crippen molar-refractivity contribution in [3.05, 3.63) is 59.7 Å². The number of aromatic nitrogens is 1. The molecule has 3 rings (SSSR count). The molecule has 0 aliphatic carbocycles. The van der Waals surface area contributed by atoms with E-state index in [4.69, 9.17) is 4.42 Å². The molecule has 3 aromatic rings. The van der Waals surface area contributed by atoms with Gasteiger partial charge in [0.25, 0.3) is 0 Å². The van der Waals surface area contributed by atoms with Crippen LogP contribution >= 0.6 is 0 Å². The topological polar surface area (TPSA) is 28.9 Å². The second-order valence-electron chi connectivity index (χ2n) is 6.77. The van der Waals surface area contributed by atoms with Gasteiger partial charge in [-0.2, -0.15) is 0 Å². The highest BCUT2D eigenvalue weighted by molar-refractivity contribution is 5.84. The van der Waals surface area contributed by atoms with Crippen molar-refractivity contribution in [2.75, 3.05) is 0 Å². The quantitative estimate of drug-likeness (QED) is 0.681. The standard InChI is InChI=1S/C19H23NO/c1-13(2)17-15(8-7-14-9-10-20-18(14)17)12-19(3,4)16-6-5-11-21-16/h5-11,13,20H,12H2,1-4H3. The summed E-state index contributed by atoms with van der Waals surface area (Å²) in [7, 11) is 0. The average molecular weight is 281 g/mol. The molecule has 2 heteroatoms. The van der Waals surface area contributed by atoms with Crippen LogP contribution in [0.5, 0.6) is 0 Å². The minimum atomic E-state index is -0.00654. The first-order valence-corrected chi connectivity index (χ1v) is 7.62. The summed E-state index contributed by atoms with van der Waals surface area (Å²) in [5.74, 6) is 1.54. The Morgan fingerprint density at radius 1 is 1.14 bits per heavy atom. The summed E-state index contributed by atoms with van der Waals surface area (Å²) in [6.07, 6.45) is 4.76. The van der Waals surface area contributed by atoms with Gasteiger partial charge in [0.1, 0.15) is 5.76 Å². The maximum absolute atomic E-state index is 5.64. The normalized spacial score (nSPS) is 12.4. The van der Waals surface area contributed by atoms with Crippen molar-refractivity contribution in [2.24, 2.45) is 0 Å². The molecule has 0 atom stereocenters. The highest BCUT2D eigenvalue weighted by atomic mass is 16.3. The second-order valence-corrected chi connectivity index (χ2v) is 6.77. The van der Waals surface area contributed by atoms with Gasteiger partial charge in [0.2, 0.25) is 0 Å². The molecule has 0 saturated carbocycles. The van der Waals surface area contributed by atoms with Crippen molar-refractivity contribution in [1.82, 2.24) is 4.98 Å². The van der Waals surface area contributed by atoms with Gasteiger partial charge in [0.15, 0.2) is 0 Å². The number of benzene rings is 1. The summed E-state index contributed by atoms with van der Waals surface area (Å²) in [5.41, 5.74) is 4.10.